The van der Waals surface area contributed by atoms with Gasteiger partial charge >= 0.3 is 0 Å². The van der Waals surface area contributed by atoms with Crippen molar-refractivity contribution in [2.45, 2.75) is 32.4 Å². The van der Waals surface area contributed by atoms with E-state index in [1.54, 1.807) is 0 Å². The van der Waals surface area contributed by atoms with Crippen molar-refractivity contribution in [1.29, 1.82) is 0 Å². The van der Waals surface area contributed by atoms with Crippen LogP contribution in [0.4, 0.5) is 0 Å². The lowest BCUT2D eigenvalue weighted by Gasteiger charge is -2.19. The Bertz CT molecular complexity index is 297. The molecule has 4 heteroatoms. The molecule has 0 aromatic carbocycles. The first-order chi connectivity index (χ1) is 6.85. The first-order valence-corrected chi connectivity index (χ1v) is 5.24. The van der Waals surface area contributed by atoms with Crippen molar-refractivity contribution in [1.82, 2.24) is 10.1 Å². The van der Waals surface area contributed by atoms with Crippen LogP contribution in [-0.4, -0.2) is 23.1 Å². The van der Waals surface area contributed by atoms with Gasteiger partial charge in [-0.3, -0.25) is 4.90 Å². The van der Waals surface area contributed by atoms with Crippen LogP contribution in [0, 0.1) is 0 Å². The predicted molar refractivity (Wildman–Crippen MR) is 53.6 cm³/mol. The van der Waals surface area contributed by atoms with Crippen molar-refractivity contribution >= 4 is 0 Å². The number of hydrogen-bond donors (Lipinski definition) is 1. The Labute approximate surface area is 84.0 Å². The summed E-state index contributed by atoms with van der Waals surface area (Å²) in [5.74, 6) is 0.977. The summed E-state index contributed by atoms with van der Waals surface area (Å²) in [6, 6.07) is 2.41. The molecule has 2 heterocycles. The van der Waals surface area contributed by atoms with Crippen LogP contribution in [-0.2, 0) is 6.54 Å². The van der Waals surface area contributed by atoms with E-state index in [2.05, 4.69) is 17.0 Å². The fourth-order valence-electron chi connectivity index (χ4n) is 2.11. The number of nitrogens with zero attached hydrogens (tertiary/aromatic N) is 2. The molecule has 0 spiro atoms. The maximum atomic E-state index is 5.49. The second-order valence-corrected chi connectivity index (χ2v) is 3.71. The first-order valence-electron chi connectivity index (χ1n) is 5.24. The van der Waals surface area contributed by atoms with E-state index < -0.39 is 0 Å². The average molecular weight is 195 g/mol. The van der Waals surface area contributed by atoms with Crippen LogP contribution in [0.2, 0.25) is 0 Å². The van der Waals surface area contributed by atoms with Gasteiger partial charge in [0.15, 0.2) is 5.76 Å². The van der Waals surface area contributed by atoms with Gasteiger partial charge in [-0.1, -0.05) is 12.1 Å². The first kappa shape index (κ1) is 9.68. The molecule has 1 aliphatic heterocycles. The summed E-state index contributed by atoms with van der Waals surface area (Å²) in [5, 5.41) is 3.92. The van der Waals surface area contributed by atoms with E-state index in [4.69, 9.17) is 10.3 Å². The molecule has 1 aromatic rings. The molecule has 1 unspecified atom stereocenters. The molecular weight excluding hydrogens is 178 g/mol. The maximum Gasteiger partial charge on any atom is 0.154 e. The smallest absolute Gasteiger partial charge is 0.154 e. The zero-order valence-electron chi connectivity index (χ0n) is 8.57. The summed E-state index contributed by atoms with van der Waals surface area (Å²) >= 11 is 0. The van der Waals surface area contributed by atoms with Crippen molar-refractivity contribution in [2.75, 3.05) is 13.1 Å². The zero-order valence-corrected chi connectivity index (χ0v) is 8.57. The average Bonchev–Trinajstić information content (AvgIpc) is 2.85. The van der Waals surface area contributed by atoms with Gasteiger partial charge in [-0.05, 0) is 25.9 Å². The number of likely N-dealkylation sites (tertiary alicyclic amines) is 1. The molecule has 1 saturated heterocycles. The second kappa shape index (κ2) is 4.11. The summed E-state index contributed by atoms with van der Waals surface area (Å²) in [7, 11) is 0. The largest absolute Gasteiger partial charge is 0.359 e. The highest BCUT2D eigenvalue weighted by molar-refractivity contribution is 5.10. The van der Waals surface area contributed by atoms with Crippen LogP contribution in [0.5, 0.6) is 0 Å². The molecule has 1 aliphatic rings. The lowest BCUT2D eigenvalue weighted by molar-refractivity contribution is 0.223. The molecule has 1 fully saturated rings. The molecule has 2 N–H and O–H groups in total. The standard InChI is InChI=1S/C10H17N3O/c1-2-13-5-3-4-9(13)10-6-8(7-11)12-14-10/h6,9H,2-5,7,11H2,1H3. The van der Waals surface area contributed by atoms with Crippen LogP contribution >= 0.6 is 0 Å². The normalized spacial score (nSPS) is 23.1. The Balaban J connectivity index is 2.13. The van der Waals surface area contributed by atoms with E-state index in [1.807, 2.05) is 6.07 Å². The van der Waals surface area contributed by atoms with Gasteiger partial charge in [0.1, 0.15) is 0 Å². The van der Waals surface area contributed by atoms with Crippen molar-refractivity contribution in [2.24, 2.45) is 5.73 Å². The molecule has 1 atom stereocenters. The van der Waals surface area contributed by atoms with Crippen LogP contribution in [0.1, 0.15) is 37.3 Å². The van der Waals surface area contributed by atoms with Gasteiger partial charge in [-0.2, -0.15) is 0 Å². The molecule has 78 valence electrons. The van der Waals surface area contributed by atoms with Gasteiger partial charge < -0.3 is 10.3 Å². The Morgan fingerprint density at radius 1 is 1.71 bits per heavy atom. The highest BCUT2D eigenvalue weighted by atomic mass is 16.5. The lowest BCUT2D eigenvalue weighted by atomic mass is 10.1. The van der Waals surface area contributed by atoms with Crippen molar-refractivity contribution in [3.63, 3.8) is 0 Å². The van der Waals surface area contributed by atoms with E-state index in [1.165, 1.54) is 19.4 Å². The maximum absolute atomic E-state index is 5.49. The third kappa shape index (κ3) is 1.67. The summed E-state index contributed by atoms with van der Waals surface area (Å²) in [5.41, 5.74) is 6.34. The third-order valence-corrected chi connectivity index (χ3v) is 2.88. The predicted octanol–water partition coefficient (Wildman–Crippen LogP) is 1.29. The quantitative estimate of drug-likeness (QED) is 0.789. The SMILES string of the molecule is CCN1CCCC1c1cc(CN)no1. The van der Waals surface area contributed by atoms with Crippen LogP contribution in [0.3, 0.4) is 0 Å². The molecule has 4 nitrogen and oxygen atoms in total. The van der Waals surface area contributed by atoms with E-state index >= 15 is 0 Å². The number of aromatic nitrogens is 1. The fourth-order valence-corrected chi connectivity index (χ4v) is 2.11. The van der Waals surface area contributed by atoms with E-state index in [-0.39, 0.29) is 0 Å². The van der Waals surface area contributed by atoms with E-state index in [0.29, 0.717) is 12.6 Å². The van der Waals surface area contributed by atoms with Crippen molar-refractivity contribution < 1.29 is 4.52 Å². The van der Waals surface area contributed by atoms with Gasteiger partial charge in [0.2, 0.25) is 0 Å². The van der Waals surface area contributed by atoms with Gasteiger partial charge in [0.25, 0.3) is 0 Å². The highest BCUT2D eigenvalue weighted by Crippen LogP contribution is 2.31. The minimum absolute atomic E-state index is 0.424. The topological polar surface area (TPSA) is 55.3 Å². The fraction of sp³-hybridized carbons (Fsp3) is 0.700. The van der Waals surface area contributed by atoms with Gasteiger partial charge in [-0.15, -0.1) is 0 Å². The minimum atomic E-state index is 0.424. The number of rotatable bonds is 3. The van der Waals surface area contributed by atoms with E-state index in [9.17, 15) is 0 Å². The number of hydrogen-bond acceptors (Lipinski definition) is 4. The molecular formula is C10H17N3O. The monoisotopic (exact) mass is 195 g/mol. The van der Waals surface area contributed by atoms with Crippen LogP contribution in [0.25, 0.3) is 0 Å². The highest BCUT2D eigenvalue weighted by Gasteiger charge is 2.27. The van der Waals surface area contributed by atoms with E-state index in [0.717, 1.165) is 18.0 Å². The summed E-state index contributed by atoms with van der Waals surface area (Å²) < 4.78 is 5.30. The summed E-state index contributed by atoms with van der Waals surface area (Å²) in [6.45, 7) is 4.88. The molecule has 0 amide bonds. The Morgan fingerprint density at radius 2 is 2.57 bits per heavy atom. The summed E-state index contributed by atoms with van der Waals surface area (Å²) in [4.78, 5) is 2.42. The lowest BCUT2D eigenvalue weighted by Crippen LogP contribution is -2.22. The summed E-state index contributed by atoms with van der Waals surface area (Å²) in [6.07, 6.45) is 2.42. The van der Waals surface area contributed by atoms with Gasteiger partial charge in [0.05, 0.1) is 11.7 Å². The Hall–Kier alpha value is -0.870. The molecule has 14 heavy (non-hydrogen) atoms. The molecule has 0 aliphatic carbocycles. The Morgan fingerprint density at radius 3 is 3.21 bits per heavy atom. The molecule has 0 bridgehead atoms. The minimum Gasteiger partial charge on any atom is -0.359 e. The van der Waals surface area contributed by atoms with Crippen LogP contribution in [0.15, 0.2) is 10.6 Å². The molecule has 0 radical (unpaired) electrons. The molecule has 2 rings (SSSR count). The molecule has 1 aromatic heterocycles. The van der Waals surface area contributed by atoms with Gasteiger partial charge in [0, 0.05) is 12.6 Å². The Kier molecular flexibility index (Phi) is 2.84. The van der Waals surface area contributed by atoms with Gasteiger partial charge in [-0.25, -0.2) is 0 Å². The molecule has 0 saturated carbocycles. The number of nitrogens with two attached hydrogens (primary N) is 1. The van der Waals surface area contributed by atoms with Crippen molar-refractivity contribution in [3.05, 3.63) is 17.5 Å². The third-order valence-electron chi connectivity index (χ3n) is 2.88. The zero-order chi connectivity index (χ0) is 9.97. The second-order valence-electron chi connectivity index (χ2n) is 3.71. The van der Waals surface area contributed by atoms with Crippen LogP contribution < -0.4 is 5.73 Å². The van der Waals surface area contributed by atoms with Crippen molar-refractivity contribution in [3.8, 4) is 0 Å².